The Bertz CT molecular complexity index is 475. The maximum atomic E-state index is 12.3. The Morgan fingerprint density at radius 3 is 2.24 bits per heavy atom. The van der Waals surface area contributed by atoms with E-state index < -0.39 is 17.0 Å². The highest BCUT2D eigenvalue weighted by molar-refractivity contribution is 5.77. The van der Waals surface area contributed by atoms with Crippen molar-refractivity contribution in [3.8, 4) is 6.07 Å². The summed E-state index contributed by atoms with van der Waals surface area (Å²) in [4.78, 5) is 25.6. The molecule has 2 unspecified atom stereocenters. The van der Waals surface area contributed by atoms with Gasteiger partial charge in [-0.05, 0) is 46.5 Å². The van der Waals surface area contributed by atoms with Gasteiger partial charge in [0, 0.05) is 12.1 Å². The van der Waals surface area contributed by atoms with Crippen LogP contribution < -0.4 is 0 Å². The third-order valence-electron chi connectivity index (χ3n) is 4.35. The van der Waals surface area contributed by atoms with Gasteiger partial charge in [0.15, 0.2) is 0 Å². The first kappa shape index (κ1) is 15.6. The standard InChI is InChI=1S/C15H22N2O4/c1-14(2,3)21-13(20)17-10-4-5-11(17)9-15(8-10,6-7-16)12(18)19/h10-11H,4-6,8-9H2,1-3H3,(H,18,19). The second-order valence-electron chi connectivity index (χ2n) is 7.10. The maximum Gasteiger partial charge on any atom is 0.410 e. The molecule has 2 saturated heterocycles. The Morgan fingerprint density at radius 2 is 1.86 bits per heavy atom. The summed E-state index contributed by atoms with van der Waals surface area (Å²) in [5.41, 5.74) is -1.58. The van der Waals surface area contributed by atoms with E-state index in [1.54, 1.807) is 4.90 Å². The minimum atomic E-state index is -1.01. The van der Waals surface area contributed by atoms with E-state index in [2.05, 4.69) is 0 Å². The van der Waals surface area contributed by atoms with Gasteiger partial charge in [-0.3, -0.25) is 4.79 Å². The number of carbonyl (C=O) groups is 2. The van der Waals surface area contributed by atoms with Crippen LogP contribution in [0.4, 0.5) is 4.79 Å². The molecule has 1 N–H and O–H groups in total. The van der Waals surface area contributed by atoms with Gasteiger partial charge in [-0.15, -0.1) is 0 Å². The molecule has 0 radical (unpaired) electrons. The monoisotopic (exact) mass is 294 g/mol. The van der Waals surface area contributed by atoms with Gasteiger partial charge in [0.1, 0.15) is 5.60 Å². The molecule has 2 aliphatic rings. The highest BCUT2D eigenvalue weighted by atomic mass is 16.6. The molecule has 0 aliphatic carbocycles. The van der Waals surface area contributed by atoms with Crippen molar-refractivity contribution in [2.75, 3.05) is 0 Å². The number of hydrogen-bond donors (Lipinski definition) is 1. The van der Waals surface area contributed by atoms with Crippen molar-refractivity contribution in [3.05, 3.63) is 0 Å². The molecule has 0 aromatic rings. The summed E-state index contributed by atoms with van der Waals surface area (Å²) in [6.45, 7) is 5.44. The van der Waals surface area contributed by atoms with E-state index in [0.29, 0.717) is 12.8 Å². The van der Waals surface area contributed by atoms with E-state index in [-0.39, 0.29) is 24.6 Å². The zero-order valence-corrected chi connectivity index (χ0v) is 12.8. The van der Waals surface area contributed by atoms with Crippen molar-refractivity contribution >= 4 is 12.1 Å². The number of fused-ring (bicyclic) bond motifs is 2. The van der Waals surface area contributed by atoms with Gasteiger partial charge in [0.2, 0.25) is 0 Å². The Morgan fingerprint density at radius 1 is 1.33 bits per heavy atom. The predicted molar refractivity (Wildman–Crippen MR) is 74.4 cm³/mol. The summed E-state index contributed by atoms with van der Waals surface area (Å²) in [6.07, 6.45) is 1.87. The molecule has 2 aliphatic heterocycles. The van der Waals surface area contributed by atoms with Crippen LogP contribution in [-0.2, 0) is 9.53 Å². The molecule has 116 valence electrons. The van der Waals surface area contributed by atoms with Crippen LogP contribution in [-0.4, -0.2) is 39.8 Å². The average molecular weight is 294 g/mol. The van der Waals surface area contributed by atoms with Gasteiger partial charge >= 0.3 is 12.1 Å². The number of nitrogens with zero attached hydrogens (tertiary/aromatic N) is 2. The minimum absolute atomic E-state index is 0.00249. The van der Waals surface area contributed by atoms with Crippen molar-refractivity contribution in [2.45, 2.75) is 70.6 Å². The van der Waals surface area contributed by atoms with E-state index in [9.17, 15) is 14.7 Å². The number of rotatable bonds is 2. The summed E-state index contributed by atoms with van der Waals surface area (Å²) in [5.74, 6) is -0.926. The van der Waals surface area contributed by atoms with Crippen LogP contribution in [0.1, 0.15) is 52.9 Å². The number of nitriles is 1. The van der Waals surface area contributed by atoms with E-state index >= 15 is 0 Å². The molecule has 2 bridgehead atoms. The molecule has 6 nitrogen and oxygen atoms in total. The molecule has 0 saturated carbocycles. The van der Waals surface area contributed by atoms with Crippen molar-refractivity contribution in [3.63, 3.8) is 0 Å². The largest absolute Gasteiger partial charge is 0.481 e. The van der Waals surface area contributed by atoms with Crippen molar-refractivity contribution in [1.82, 2.24) is 4.90 Å². The maximum absolute atomic E-state index is 12.3. The van der Waals surface area contributed by atoms with Crippen molar-refractivity contribution in [1.29, 1.82) is 5.26 Å². The molecule has 2 atom stereocenters. The number of ether oxygens (including phenoxy) is 1. The van der Waals surface area contributed by atoms with E-state index in [0.717, 1.165) is 12.8 Å². The van der Waals surface area contributed by atoms with Crippen molar-refractivity contribution < 1.29 is 19.4 Å². The van der Waals surface area contributed by atoms with Crippen LogP contribution >= 0.6 is 0 Å². The van der Waals surface area contributed by atoms with Crippen LogP contribution in [0.5, 0.6) is 0 Å². The number of carbonyl (C=O) groups excluding carboxylic acids is 1. The Labute approximate surface area is 124 Å². The zero-order valence-electron chi connectivity index (χ0n) is 12.8. The third-order valence-corrected chi connectivity index (χ3v) is 4.35. The van der Waals surface area contributed by atoms with Crippen LogP contribution in [0.25, 0.3) is 0 Å². The van der Waals surface area contributed by atoms with E-state index in [4.69, 9.17) is 10.00 Å². The number of piperidine rings is 1. The lowest BCUT2D eigenvalue weighted by Gasteiger charge is -2.43. The molecule has 1 amide bonds. The van der Waals surface area contributed by atoms with Crippen LogP contribution in [0.2, 0.25) is 0 Å². The Hall–Kier alpha value is -1.77. The molecule has 2 fully saturated rings. The van der Waals surface area contributed by atoms with Gasteiger partial charge in [-0.2, -0.15) is 5.26 Å². The lowest BCUT2D eigenvalue weighted by atomic mass is 9.73. The lowest BCUT2D eigenvalue weighted by Crippen LogP contribution is -2.53. The fraction of sp³-hybridized carbons (Fsp3) is 0.800. The highest BCUT2D eigenvalue weighted by Crippen LogP contribution is 2.48. The number of carboxylic acid groups (broad SMARTS) is 1. The summed E-state index contributed by atoms with van der Waals surface area (Å²) in [7, 11) is 0. The number of carboxylic acids is 1. The molecule has 0 spiro atoms. The van der Waals surface area contributed by atoms with E-state index in [1.807, 2.05) is 26.8 Å². The second kappa shape index (κ2) is 5.21. The topological polar surface area (TPSA) is 90.6 Å². The number of amides is 1. The van der Waals surface area contributed by atoms with E-state index in [1.165, 1.54) is 0 Å². The normalized spacial score (nSPS) is 31.6. The smallest absolute Gasteiger partial charge is 0.410 e. The van der Waals surface area contributed by atoms with Crippen LogP contribution in [0.15, 0.2) is 0 Å². The summed E-state index contributed by atoms with van der Waals surface area (Å²) >= 11 is 0. The van der Waals surface area contributed by atoms with Gasteiger partial charge in [0.05, 0.1) is 17.9 Å². The lowest BCUT2D eigenvalue weighted by molar-refractivity contribution is -0.153. The van der Waals surface area contributed by atoms with Gasteiger partial charge in [-0.25, -0.2) is 4.79 Å². The quantitative estimate of drug-likeness (QED) is 0.845. The second-order valence-corrected chi connectivity index (χ2v) is 7.10. The average Bonchev–Trinajstić information content (AvgIpc) is 2.60. The number of hydrogen-bond acceptors (Lipinski definition) is 4. The third kappa shape index (κ3) is 2.97. The first-order valence-corrected chi connectivity index (χ1v) is 7.30. The Balaban J connectivity index is 2.17. The minimum Gasteiger partial charge on any atom is -0.481 e. The summed E-state index contributed by atoms with van der Waals surface area (Å²) in [6, 6.07) is 1.72. The first-order chi connectivity index (χ1) is 9.68. The SMILES string of the molecule is CC(C)(C)OC(=O)N1C2CCC1CC(CC#N)(C(=O)O)C2. The molecule has 21 heavy (non-hydrogen) atoms. The predicted octanol–water partition coefficient (Wildman–Crippen LogP) is 2.53. The highest BCUT2D eigenvalue weighted by Gasteiger charge is 2.54. The zero-order chi connectivity index (χ0) is 15.8. The van der Waals surface area contributed by atoms with Crippen molar-refractivity contribution in [2.24, 2.45) is 5.41 Å². The molecule has 2 rings (SSSR count). The molecule has 0 aromatic carbocycles. The summed E-state index contributed by atoms with van der Waals surface area (Å²) < 4.78 is 5.42. The molecular weight excluding hydrogens is 272 g/mol. The first-order valence-electron chi connectivity index (χ1n) is 7.30. The van der Waals surface area contributed by atoms with Gasteiger partial charge < -0.3 is 14.7 Å². The molecule has 6 heteroatoms. The number of aliphatic carboxylic acids is 1. The van der Waals surface area contributed by atoms with Gasteiger partial charge in [0.25, 0.3) is 0 Å². The molecule has 2 heterocycles. The molecular formula is C15H22N2O4. The fourth-order valence-corrected chi connectivity index (χ4v) is 3.51. The van der Waals surface area contributed by atoms with Crippen LogP contribution in [0.3, 0.4) is 0 Å². The summed E-state index contributed by atoms with van der Waals surface area (Å²) in [5, 5.41) is 18.4. The van der Waals surface area contributed by atoms with Crippen LogP contribution in [0, 0.1) is 16.7 Å². The Kier molecular flexibility index (Phi) is 3.87. The molecule has 0 aromatic heterocycles. The van der Waals surface area contributed by atoms with Gasteiger partial charge in [-0.1, -0.05) is 0 Å². The fourth-order valence-electron chi connectivity index (χ4n) is 3.51.